The fourth-order valence-electron chi connectivity index (χ4n) is 2.77. The molecule has 5 heteroatoms. The zero-order valence-electron chi connectivity index (χ0n) is 12.1. The Hall–Kier alpha value is -1.36. The minimum Gasteiger partial charge on any atom is -0.481 e. The van der Waals surface area contributed by atoms with E-state index >= 15 is 0 Å². The van der Waals surface area contributed by atoms with E-state index in [0.29, 0.717) is 30.9 Å². The third-order valence-electron chi connectivity index (χ3n) is 4.18. The van der Waals surface area contributed by atoms with E-state index in [0.717, 1.165) is 22.9 Å². The van der Waals surface area contributed by atoms with Crippen LogP contribution >= 0.6 is 15.9 Å². The molecule has 0 atom stereocenters. The van der Waals surface area contributed by atoms with E-state index in [1.54, 1.807) is 6.07 Å². The smallest absolute Gasteiger partial charge is 0.306 e. The first-order valence-electron chi connectivity index (χ1n) is 7.25. The quantitative estimate of drug-likeness (QED) is 0.871. The van der Waals surface area contributed by atoms with E-state index in [4.69, 9.17) is 5.11 Å². The zero-order valence-corrected chi connectivity index (χ0v) is 13.6. The number of hydrogen-bond donors (Lipinski definition) is 2. The summed E-state index contributed by atoms with van der Waals surface area (Å²) in [4.78, 5) is 23.1. The zero-order chi connectivity index (χ0) is 15.4. The predicted molar refractivity (Wildman–Crippen MR) is 84.3 cm³/mol. The summed E-state index contributed by atoms with van der Waals surface area (Å²) in [7, 11) is 0. The average molecular weight is 354 g/mol. The maximum atomic E-state index is 12.2. The molecule has 2 rings (SSSR count). The first-order chi connectivity index (χ1) is 9.99. The molecule has 0 unspecified atom stereocenters. The standard InChI is InChI=1S/C16H20BrNO3/c1-10-3-2-4-13(14(10)17)15(19)18-9-11-5-7-12(8-6-11)16(20)21/h2-4,11-12H,5-9H2,1H3,(H,18,19)(H,20,21). The summed E-state index contributed by atoms with van der Waals surface area (Å²) >= 11 is 3.44. The molecule has 0 radical (unpaired) electrons. The van der Waals surface area contributed by atoms with E-state index in [9.17, 15) is 9.59 Å². The molecule has 1 aromatic carbocycles. The molecule has 1 aliphatic carbocycles. The molecule has 0 saturated heterocycles. The fraction of sp³-hybridized carbons (Fsp3) is 0.500. The number of nitrogens with one attached hydrogen (secondary N) is 1. The number of carbonyl (C=O) groups is 2. The molecule has 0 aliphatic heterocycles. The van der Waals surface area contributed by atoms with Crippen LogP contribution in [-0.2, 0) is 4.79 Å². The molecule has 0 spiro atoms. The van der Waals surface area contributed by atoms with Crippen molar-refractivity contribution >= 4 is 27.8 Å². The van der Waals surface area contributed by atoms with Gasteiger partial charge in [-0.05, 0) is 66.1 Å². The Labute approximate surface area is 133 Å². The lowest BCUT2D eigenvalue weighted by Gasteiger charge is -2.26. The highest BCUT2D eigenvalue weighted by molar-refractivity contribution is 9.10. The van der Waals surface area contributed by atoms with Crippen LogP contribution in [-0.4, -0.2) is 23.5 Å². The molecule has 1 saturated carbocycles. The third-order valence-corrected chi connectivity index (χ3v) is 5.24. The second kappa shape index (κ2) is 7.07. The summed E-state index contributed by atoms with van der Waals surface area (Å²) in [6.45, 7) is 2.57. The summed E-state index contributed by atoms with van der Waals surface area (Å²) in [5.74, 6) is -0.594. The molecular weight excluding hydrogens is 334 g/mol. The lowest BCUT2D eigenvalue weighted by Crippen LogP contribution is -2.32. The maximum Gasteiger partial charge on any atom is 0.306 e. The van der Waals surface area contributed by atoms with Gasteiger partial charge >= 0.3 is 5.97 Å². The second-order valence-corrected chi connectivity index (χ2v) is 6.50. The van der Waals surface area contributed by atoms with E-state index in [1.165, 1.54) is 0 Å². The first kappa shape index (κ1) is 16.0. The molecule has 21 heavy (non-hydrogen) atoms. The fourth-order valence-corrected chi connectivity index (χ4v) is 3.21. The number of carbonyl (C=O) groups excluding carboxylic acids is 1. The van der Waals surface area contributed by atoms with Crippen LogP contribution < -0.4 is 5.32 Å². The van der Waals surface area contributed by atoms with Crippen molar-refractivity contribution in [1.82, 2.24) is 5.32 Å². The van der Waals surface area contributed by atoms with Crippen LogP contribution in [0.25, 0.3) is 0 Å². The Balaban J connectivity index is 1.85. The monoisotopic (exact) mass is 353 g/mol. The molecule has 1 fully saturated rings. The van der Waals surface area contributed by atoms with Gasteiger partial charge in [0.15, 0.2) is 0 Å². The largest absolute Gasteiger partial charge is 0.481 e. The van der Waals surface area contributed by atoms with Crippen molar-refractivity contribution in [2.24, 2.45) is 11.8 Å². The van der Waals surface area contributed by atoms with Crippen molar-refractivity contribution in [3.8, 4) is 0 Å². The predicted octanol–water partition coefficient (Wildman–Crippen LogP) is 3.38. The molecule has 2 N–H and O–H groups in total. The van der Waals surface area contributed by atoms with Gasteiger partial charge in [-0.1, -0.05) is 12.1 Å². The summed E-state index contributed by atoms with van der Waals surface area (Å²) < 4.78 is 0.831. The number of benzene rings is 1. The number of rotatable bonds is 4. The minimum absolute atomic E-state index is 0.0778. The summed E-state index contributed by atoms with van der Waals surface area (Å²) in [5.41, 5.74) is 1.68. The molecule has 0 heterocycles. The number of aliphatic carboxylic acids is 1. The second-order valence-electron chi connectivity index (χ2n) is 5.70. The topological polar surface area (TPSA) is 66.4 Å². The number of hydrogen-bond acceptors (Lipinski definition) is 2. The van der Waals surface area contributed by atoms with Gasteiger partial charge in [0.25, 0.3) is 5.91 Å². The Morgan fingerprint density at radius 3 is 2.57 bits per heavy atom. The normalized spacial score (nSPS) is 21.8. The Bertz CT molecular complexity index is 536. The van der Waals surface area contributed by atoms with Crippen molar-refractivity contribution in [3.63, 3.8) is 0 Å². The van der Waals surface area contributed by atoms with E-state index in [2.05, 4.69) is 21.2 Å². The van der Waals surface area contributed by atoms with Crippen molar-refractivity contribution < 1.29 is 14.7 Å². The molecular formula is C16H20BrNO3. The van der Waals surface area contributed by atoms with Crippen LogP contribution in [0.1, 0.15) is 41.6 Å². The lowest BCUT2D eigenvalue weighted by molar-refractivity contribution is -0.143. The molecule has 114 valence electrons. The average Bonchev–Trinajstić information content (AvgIpc) is 2.48. The van der Waals surface area contributed by atoms with Crippen molar-refractivity contribution in [3.05, 3.63) is 33.8 Å². The molecule has 1 amide bonds. The van der Waals surface area contributed by atoms with Gasteiger partial charge in [0.05, 0.1) is 11.5 Å². The molecule has 4 nitrogen and oxygen atoms in total. The lowest BCUT2D eigenvalue weighted by atomic mass is 9.82. The van der Waals surface area contributed by atoms with Gasteiger partial charge in [-0.15, -0.1) is 0 Å². The van der Waals surface area contributed by atoms with Crippen LogP contribution in [0.4, 0.5) is 0 Å². The summed E-state index contributed by atoms with van der Waals surface area (Å²) in [6, 6.07) is 5.62. The van der Waals surface area contributed by atoms with Crippen LogP contribution in [0.2, 0.25) is 0 Å². The number of carboxylic acid groups (broad SMARTS) is 1. The molecule has 1 aromatic rings. The highest BCUT2D eigenvalue weighted by Gasteiger charge is 2.26. The van der Waals surface area contributed by atoms with E-state index in [1.807, 2.05) is 19.1 Å². The van der Waals surface area contributed by atoms with Crippen LogP contribution in [0, 0.1) is 18.8 Å². The van der Waals surface area contributed by atoms with Gasteiger partial charge in [0.1, 0.15) is 0 Å². The molecule has 0 bridgehead atoms. The van der Waals surface area contributed by atoms with Gasteiger partial charge in [-0.3, -0.25) is 9.59 Å². The van der Waals surface area contributed by atoms with Gasteiger partial charge in [0, 0.05) is 11.0 Å². The van der Waals surface area contributed by atoms with Crippen molar-refractivity contribution in [1.29, 1.82) is 0 Å². The number of aryl methyl sites for hydroxylation is 1. The highest BCUT2D eigenvalue weighted by Crippen LogP contribution is 2.28. The van der Waals surface area contributed by atoms with E-state index in [-0.39, 0.29) is 11.8 Å². The van der Waals surface area contributed by atoms with Gasteiger partial charge in [-0.25, -0.2) is 0 Å². The van der Waals surface area contributed by atoms with Crippen molar-refractivity contribution in [2.75, 3.05) is 6.54 Å². The highest BCUT2D eigenvalue weighted by atomic mass is 79.9. The van der Waals surface area contributed by atoms with Crippen LogP contribution in [0.5, 0.6) is 0 Å². The Kier molecular flexibility index (Phi) is 5.39. The number of carboxylic acids is 1. The first-order valence-corrected chi connectivity index (χ1v) is 8.04. The maximum absolute atomic E-state index is 12.2. The van der Waals surface area contributed by atoms with Crippen molar-refractivity contribution in [2.45, 2.75) is 32.6 Å². The Morgan fingerprint density at radius 1 is 1.29 bits per heavy atom. The van der Waals surface area contributed by atoms with Crippen LogP contribution in [0.3, 0.4) is 0 Å². The third kappa shape index (κ3) is 4.06. The van der Waals surface area contributed by atoms with Gasteiger partial charge in [-0.2, -0.15) is 0 Å². The van der Waals surface area contributed by atoms with Gasteiger partial charge in [0.2, 0.25) is 0 Å². The minimum atomic E-state index is -0.693. The molecule has 0 aromatic heterocycles. The summed E-state index contributed by atoms with van der Waals surface area (Å²) in [5, 5.41) is 11.9. The van der Waals surface area contributed by atoms with Crippen LogP contribution in [0.15, 0.2) is 22.7 Å². The Morgan fingerprint density at radius 2 is 1.95 bits per heavy atom. The number of amides is 1. The van der Waals surface area contributed by atoms with Gasteiger partial charge < -0.3 is 10.4 Å². The summed E-state index contributed by atoms with van der Waals surface area (Å²) in [6.07, 6.45) is 3.16. The SMILES string of the molecule is Cc1cccc(C(=O)NCC2CCC(C(=O)O)CC2)c1Br. The van der Waals surface area contributed by atoms with E-state index < -0.39 is 5.97 Å². The number of halogens is 1. The molecule has 1 aliphatic rings.